The van der Waals surface area contributed by atoms with Crippen molar-refractivity contribution in [1.82, 2.24) is 9.88 Å². The number of ether oxygens (including phenoxy) is 1. The van der Waals surface area contributed by atoms with Crippen LogP contribution in [-0.4, -0.2) is 27.5 Å². The van der Waals surface area contributed by atoms with Gasteiger partial charge in [-0.3, -0.25) is 9.69 Å². The van der Waals surface area contributed by atoms with Crippen LogP contribution in [0.5, 0.6) is 5.75 Å². The number of rotatable bonds is 6. The maximum Gasteiger partial charge on any atom is 0.266 e. The van der Waals surface area contributed by atoms with E-state index in [0.29, 0.717) is 44.8 Å². The number of hydrogen-bond donors (Lipinski definition) is 0. The highest BCUT2D eigenvalue weighted by molar-refractivity contribution is 8.18. The molecule has 2 aromatic carbocycles. The number of hydrogen-bond acceptors (Lipinski definition) is 5. The standard InChI is InChI=1S/C24H19Cl2N3O2S/c1-2-29-23(30)21(32-24(29)28-19-11-7-13-27-22(19)26)14-16-8-4-6-12-20(16)31-15-17-9-3-5-10-18(17)25/h3-14H,2,15H2,1H3/b21-14-,28-24?. The third kappa shape index (κ3) is 4.99. The molecule has 0 N–H and O–H groups in total. The van der Waals surface area contributed by atoms with E-state index < -0.39 is 0 Å². The molecule has 0 bridgehead atoms. The number of amidine groups is 1. The summed E-state index contributed by atoms with van der Waals surface area (Å²) in [5.74, 6) is 0.550. The molecule has 0 saturated carbocycles. The molecule has 1 aliphatic heterocycles. The average Bonchev–Trinajstić information content (AvgIpc) is 3.09. The smallest absolute Gasteiger partial charge is 0.266 e. The topological polar surface area (TPSA) is 54.8 Å². The molecule has 1 aliphatic rings. The number of nitrogens with zero attached hydrogens (tertiary/aromatic N) is 3. The minimum absolute atomic E-state index is 0.114. The van der Waals surface area contributed by atoms with E-state index in [9.17, 15) is 4.79 Å². The molecule has 4 rings (SSSR count). The van der Waals surface area contributed by atoms with Crippen LogP contribution in [0.2, 0.25) is 10.2 Å². The van der Waals surface area contributed by atoms with Gasteiger partial charge in [0, 0.05) is 28.9 Å². The van der Waals surface area contributed by atoms with E-state index in [2.05, 4.69) is 9.98 Å². The van der Waals surface area contributed by atoms with Gasteiger partial charge in [-0.05, 0) is 49.0 Å². The van der Waals surface area contributed by atoms with Crippen molar-refractivity contribution in [1.29, 1.82) is 0 Å². The molecule has 1 amide bonds. The SMILES string of the molecule is CCN1C(=O)/C(=C/c2ccccc2OCc2ccccc2Cl)SC1=Nc1cccnc1Cl. The van der Waals surface area contributed by atoms with Crippen LogP contribution in [0.4, 0.5) is 5.69 Å². The van der Waals surface area contributed by atoms with Crippen molar-refractivity contribution in [3.05, 3.63) is 93.1 Å². The van der Waals surface area contributed by atoms with Gasteiger partial charge < -0.3 is 4.74 Å². The molecule has 0 atom stereocenters. The molecule has 2 heterocycles. The van der Waals surface area contributed by atoms with Gasteiger partial charge in [0.15, 0.2) is 10.3 Å². The number of aliphatic imine (C=N–C) groups is 1. The first kappa shape index (κ1) is 22.4. The number of thioether (sulfide) groups is 1. The Morgan fingerprint density at radius 2 is 1.88 bits per heavy atom. The van der Waals surface area contributed by atoms with E-state index in [1.807, 2.05) is 61.5 Å². The fourth-order valence-corrected chi connectivity index (χ4v) is 4.48. The van der Waals surface area contributed by atoms with Crippen LogP contribution in [0.3, 0.4) is 0 Å². The summed E-state index contributed by atoms with van der Waals surface area (Å²) < 4.78 is 6.02. The van der Waals surface area contributed by atoms with Gasteiger partial charge in [-0.15, -0.1) is 0 Å². The Morgan fingerprint density at radius 3 is 2.66 bits per heavy atom. The predicted octanol–water partition coefficient (Wildman–Crippen LogP) is 6.59. The summed E-state index contributed by atoms with van der Waals surface area (Å²) in [7, 11) is 0. The lowest BCUT2D eigenvalue weighted by Gasteiger charge is -2.12. The van der Waals surface area contributed by atoms with E-state index in [0.717, 1.165) is 11.1 Å². The Hall–Kier alpha value is -2.80. The number of halogens is 2. The summed E-state index contributed by atoms with van der Waals surface area (Å²) in [5, 5.41) is 1.51. The van der Waals surface area contributed by atoms with Crippen LogP contribution in [0.15, 0.2) is 76.8 Å². The number of aromatic nitrogens is 1. The second-order valence-electron chi connectivity index (χ2n) is 6.79. The molecular formula is C24H19Cl2N3O2S. The Kier molecular flexibility index (Phi) is 7.15. The van der Waals surface area contributed by atoms with Crippen molar-refractivity contribution in [3.8, 4) is 5.75 Å². The molecule has 0 radical (unpaired) electrons. The molecule has 32 heavy (non-hydrogen) atoms. The fourth-order valence-electron chi connectivity index (χ4n) is 3.08. The number of likely N-dealkylation sites (N-methyl/N-ethyl adjacent to an activating group) is 1. The molecule has 0 aliphatic carbocycles. The Bertz CT molecular complexity index is 1210. The largest absolute Gasteiger partial charge is 0.488 e. The zero-order valence-electron chi connectivity index (χ0n) is 17.2. The Morgan fingerprint density at radius 1 is 1.09 bits per heavy atom. The first-order chi connectivity index (χ1) is 15.6. The van der Waals surface area contributed by atoms with Crippen molar-refractivity contribution in [3.63, 3.8) is 0 Å². The number of carbonyl (C=O) groups is 1. The summed E-state index contributed by atoms with van der Waals surface area (Å²) >= 11 is 13.7. The maximum atomic E-state index is 13.0. The molecule has 0 spiro atoms. The summed E-state index contributed by atoms with van der Waals surface area (Å²) in [6.45, 7) is 2.72. The number of carbonyl (C=O) groups excluding carboxylic acids is 1. The average molecular weight is 484 g/mol. The quantitative estimate of drug-likeness (QED) is 0.293. The minimum atomic E-state index is -0.114. The molecule has 1 fully saturated rings. The van der Waals surface area contributed by atoms with E-state index in [1.165, 1.54) is 11.8 Å². The fraction of sp³-hybridized carbons (Fsp3) is 0.125. The maximum absolute atomic E-state index is 13.0. The number of benzene rings is 2. The molecule has 3 aromatic rings. The highest BCUT2D eigenvalue weighted by Crippen LogP contribution is 2.36. The first-order valence-electron chi connectivity index (χ1n) is 9.92. The Labute approximate surface area is 200 Å². The van der Waals surface area contributed by atoms with Gasteiger partial charge in [-0.25, -0.2) is 9.98 Å². The van der Waals surface area contributed by atoms with Crippen LogP contribution >= 0.6 is 35.0 Å². The van der Waals surface area contributed by atoms with Crippen molar-refractivity contribution in [2.45, 2.75) is 13.5 Å². The first-order valence-corrected chi connectivity index (χ1v) is 11.5. The van der Waals surface area contributed by atoms with Crippen molar-refractivity contribution < 1.29 is 9.53 Å². The van der Waals surface area contributed by atoms with E-state index in [4.69, 9.17) is 27.9 Å². The second-order valence-corrected chi connectivity index (χ2v) is 8.56. The molecular weight excluding hydrogens is 465 g/mol. The zero-order valence-corrected chi connectivity index (χ0v) is 19.5. The van der Waals surface area contributed by atoms with Gasteiger partial charge in [0.05, 0.1) is 4.91 Å². The molecule has 1 saturated heterocycles. The summed E-state index contributed by atoms with van der Waals surface area (Å²) in [6.07, 6.45) is 3.42. The van der Waals surface area contributed by atoms with Crippen LogP contribution in [0.1, 0.15) is 18.1 Å². The van der Waals surface area contributed by atoms with Crippen molar-refractivity contribution in [2.24, 2.45) is 4.99 Å². The molecule has 8 heteroatoms. The molecule has 162 valence electrons. The van der Waals surface area contributed by atoms with Gasteiger partial charge in [-0.2, -0.15) is 0 Å². The predicted molar refractivity (Wildman–Crippen MR) is 132 cm³/mol. The second kappa shape index (κ2) is 10.2. The monoisotopic (exact) mass is 483 g/mol. The van der Waals surface area contributed by atoms with E-state index in [1.54, 1.807) is 23.2 Å². The van der Waals surface area contributed by atoms with Gasteiger partial charge in [0.25, 0.3) is 5.91 Å². The van der Waals surface area contributed by atoms with Crippen LogP contribution in [-0.2, 0) is 11.4 Å². The summed E-state index contributed by atoms with van der Waals surface area (Å²) in [4.78, 5) is 23.8. The van der Waals surface area contributed by atoms with E-state index >= 15 is 0 Å². The lowest BCUT2D eigenvalue weighted by Crippen LogP contribution is -2.28. The number of para-hydroxylation sites is 1. The summed E-state index contributed by atoms with van der Waals surface area (Å²) in [6, 6.07) is 18.6. The lowest BCUT2D eigenvalue weighted by atomic mass is 10.1. The molecule has 1 aromatic heterocycles. The van der Waals surface area contributed by atoms with E-state index in [-0.39, 0.29) is 5.91 Å². The molecule has 5 nitrogen and oxygen atoms in total. The normalized spacial score (nSPS) is 16.2. The van der Waals surface area contributed by atoms with Gasteiger partial charge in [0.1, 0.15) is 18.0 Å². The van der Waals surface area contributed by atoms with Gasteiger partial charge in [-0.1, -0.05) is 59.6 Å². The third-order valence-corrected chi connectivity index (χ3v) is 6.37. The van der Waals surface area contributed by atoms with Gasteiger partial charge in [0.2, 0.25) is 0 Å². The van der Waals surface area contributed by atoms with Crippen molar-refractivity contribution >= 4 is 57.8 Å². The van der Waals surface area contributed by atoms with Crippen LogP contribution < -0.4 is 4.74 Å². The van der Waals surface area contributed by atoms with Crippen LogP contribution in [0.25, 0.3) is 6.08 Å². The Balaban J connectivity index is 1.61. The highest BCUT2D eigenvalue weighted by atomic mass is 35.5. The lowest BCUT2D eigenvalue weighted by molar-refractivity contribution is -0.122. The highest BCUT2D eigenvalue weighted by Gasteiger charge is 2.32. The van der Waals surface area contributed by atoms with Crippen LogP contribution in [0, 0.1) is 0 Å². The van der Waals surface area contributed by atoms with Gasteiger partial charge >= 0.3 is 0 Å². The third-order valence-electron chi connectivity index (χ3n) is 4.71. The summed E-state index contributed by atoms with van der Waals surface area (Å²) in [5.41, 5.74) is 2.21. The minimum Gasteiger partial charge on any atom is -0.488 e. The number of amides is 1. The van der Waals surface area contributed by atoms with Crippen molar-refractivity contribution in [2.75, 3.05) is 6.54 Å². The zero-order chi connectivity index (χ0) is 22.5. The number of pyridine rings is 1. The molecule has 0 unspecified atom stereocenters.